The fraction of sp³-hybridized carbons (Fsp3) is 0.889. The highest BCUT2D eigenvalue weighted by atomic mass is 16.4. The number of fused-ring (bicyclic) bond motifs is 3. The van der Waals surface area contributed by atoms with Crippen molar-refractivity contribution in [3.05, 3.63) is 0 Å². The largest absolute Gasteiger partial charge is 0.481 e. The Hall–Kier alpha value is -2.07. The number of carbonyl (C=O) groups is 3. The molecule has 18 heteroatoms. The van der Waals surface area contributed by atoms with Gasteiger partial charge in [0, 0.05) is 19.6 Å². The summed E-state index contributed by atoms with van der Waals surface area (Å²) in [6, 6.07) is -3.61. The van der Waals surface area contributed by atoms with Crippen molar-refractivity contribution in [1.82, 2.24) is 14.7 Å². The number of hydrogen-bond donors (Lipinski definition) is 12. The van der Waals surface area contributed by atoms with Crippen LogP contribution in [0.3, 0.4) is 0 Å². The number of aliphatic hydroxyl groups excluding tert-OH is 9. The molecule has 6 rings (SSSR count). The van der Waals surface area contributed by atoms with E-state index in [9.17, 15) is 60.3 Å². The van der Waals surface area contributed by atoms with Gasteiger partial charge in [-0.25, -0.2) is 0 Å². The molecule has 258 valence electrons. The zero-order valence-corrected chi connectivity index (χ0v) is 24.5. The fourth-order valence-electron chi connectivity index (χ4n) is 7.78. The molecular weight excluding hydrogens is 606 g/mol. The van der Waals surface area contributed by atoms with Crippen molar-refractivity contribution in [2.45, 2.75) is 117 Å². The lowest BCUT2D eigenvalue weighted by molar-refractivity contribution is -0.149. The summed E-state index contributed by atoms with van der Waals surface area (Å²) in [4.78, 5) is 37.3. The molecule has 6 aliphatic rings. The minimum Gasteiger partial charge on any atom is -0.481 e. The number of aliphatic hydroxyl groups is 9. The van der Waals surface area contributed by atoms with Crippen LogP contribution in [0.15, 0.2) is 0 Å². The third-order valence-corrected chi connectivity index (χ3v) is 9.98. The molecule has 0 aliphatic carbocycles. The van der Waals surface area contributed by atoms with E-state index in [1.54, 1.807) is 4.90 Å². The first-order valence-electron chi connectivity index (χ1n) is 15.1. The predicted octanol–water partition coefficient (Wildman–Crippen LogP) is -6.14. The number of hydrogen-bond acceptors (Lipinski definition) is 15. The minimum atomic E-state index is -1.32. The van der Waals surface area contributed by atoms with E-state index in [1.807, 2.05) is 0 Å². The van der Waals surface area contributed by atoms with Crippen LogP contribution in [0.4, 0.5) is 0 Å². The van der Waals surface area contributed by atoms with E-state index >= 15 is 0 Å². The smallest absolute Gasteiger partial charge is 0.323 e. The summed E-state index contributed by atoms with van der Waals surface area (Å²) in [5.74, 6) is -3.68. The van der Waals surface area contributed by atoms with Crippen LogP contribution in [0.25, 0.3) is 0 Å². The van der Waals surface area contributed by atoms with Crippen LogP contribution in [0.2, 0.25) is 0 Å². The van der Waals surface area contributed by atoms with Gasteiger partial charge in [0.25, 0.3) is 0 Å². The molecule has 0 spiro atoms. The molecule has 6 fully saturated rings. The van der Waals surface area contributed by atoms with Gasteiger partial charge in [0.05, 0.1) is 66.8 Å². The van der Waals surface area contributed by atoms with Gasteiger partial charge in [-0.15, -0.1) is 0 Å². The first kappa shape index (κ1) is 35.8. The molecule has 15 atom stereocenters. The van der Waals surface area contributed by atoms with Crippen molar-refractivity contribution in [3.63, 3.8) is 0 Å². The maximum Gasteiger partial charge on any atom is 0.323 e. The predicted molar refractivity (Wildman–Crippen MR) is 147 cm³/mol. The lowest BCUT2D eigenvalue weighted by atomic mass is 9.89. The molecule has 6 saturated heterocycles. The Morgan fingerprint density at radius 1 is 0.511 bits per heavy atom. The first-order chi connectivity index (χ1) is 21.1. The molecule has 0 aromatic heterocycles. The monoisotopic (exact) mass is 651 g/mol. The van der Waals surface area contributed by atoms with Crippen LogP contribution in [0, 0.1) is 5.92 Å². The molecule has 12 N–H and O–H groups in total. The summed E-state index contributed by atoms with van der Waals surface area (Å²) in [6.07, 6.45) is -6.72. The second-order valence-corrected chi connectivity index (χ2v) is 12.8. The van der Waals surface area contributed by atoms with Crippen molar-refractivity contribution >= 4 is 17.9 Å². The van der Waals surface area contributed by atoms with Crippen molar-refractivity contribution < 1.29 is 75.7 Å². The third-order valence-electron chi connectivity index (χ3n) is 9.98. The van der Waals surface area contributed by atoms with Gasteiger partial charge in [0.15, 0.2) is 0 Å². The molecule has 0 bridgehead atoms. The van der Waals surface area contributed by atoms with Gasteiger partial charge in [-0.2, -0.15) is 0 Å². The van der Waals surface area contributed by atoms with E-state index in [-0.39, 0.29) is 26.1 Å². The van der Waals surface area contributed by atoms with E-state index in [1.165, 1.54) is 9.80 Å². The summed E-state index contributed by atoms with van der Waals surface area (Å²) in [7, 11) is 0. The van der Waals surface area contributed by atoms with Gasteiger partial charge in [-0.3, -0.25) is 29.1 Å². The summed E-state index contributed by atoms with van der Waals surface area (Å²) in [6.45, 7) is 1.12. The lowest BCUT2D eigenvalue weighted by Gasteiger charge is -2.38. The highest BCUT2D eigenvalue weighted by Gasteiger charge is 2.55. The molecule has 0 saturated carbocycles. The quantitative estimate of drug-likeness (QED) is 0.135. The van der Waals surface area contributed by atoms with Gasteiger partial charge in [0.1, 0.15) is 24.3 Å². The van der Waals surface area contributed by atoms with E-state index in [0.717, 1.165) is 0 Å². The standard InChI is InChI=1S/3C9H15NO5/c11-5-1-4(9(14)15)2-10-3-6(12)8(13)7(5)10;11-5-2-1-4(9(14)15)10-3-6(12)8(13)7(5)10;11-4-2-1-3-10-5(4)7(12)8(13)6(10)9(14)15/h3*4-8,11-13H,1-3H2,(H,14,15)/t2*4?,5-,6-,7-,8-;4-,5-,6?,7+,8-/m111/s1. The first-order valence-corrected chi connectivity index (χ1v) is 15.1. The highest BCUT2D eigenvalue weighted by Crippen LogP contribution is 2.34. The maximum absolute atomic E-state index is 10.9. The number of aliphatic carboxylic acids is 3. The molecule has 18 nitrogen and oxygen atoms in total. The Morgan fingerprint density at radius 2 is 1.09 bits per heavy atom. The second-order valence-electron chi connectivity index (χ2n) is 12.8. The van der Waals surface area contributed by atoms with Crippen LogP contribution in [-0.2, 0) is 14.4 Å². The number of piperidine rings is 3. The molecule has 45 heavy (non-hydrogen) atoms. The van der Waals surface area contributed by atoms with Crippen LogP contribution in [-0.4, -0.2) is 205 Å². The second kappa shape index (κ2) is 14.4. The van der Waals surface area contributed by atoms with Gasteiger partial charge in [-0.05, 0) is 38.6 Å². The Labute approximate surface area is 257 Å². The molecule has 0 radical (unpaired) electrons. The molecule has 0 aromatic carbocycles. The van der Waals surface area contributed by atoms with Gasteiger partial charge < -0.3 is 61.3 Å². The maximum atomic E-state index is 10.9. The Kier molecular flexibility index (Phi) is 11.4. The summed E-state index contributed by atoms with van der Waals surface area (Å²) in [5.41, 5.74) is 0. The van der Waals surface area contributed by atoms with Crippen LogP contribution in [0.1, 0.15) is 32.1 Å². The normalized spacial score (nSPS) is 46.5. The number of rotatable bonds is 3. The van der Waals surface area contributed by atoms with E-state index in [2.05, 4.69) is 0 Å². The molecule has 6 aliphatic heterocycles. The Morgan fingerprint density at radius 3 is 1.69 bits per heavy atom. The average Bonchev–Trinajstić information content (AvgIpc) is 3.53. The van der Waals surface area contributed by atoms with Gasteiger partial charge in [-0.1, -0.05) is 0 Å². The number of nitrogens with zero attached hydrogens (tertiary/aromatic N) is 3. The van der Waals surface area contributed by atoms with E-state index < -0.39 is 109 Å². The van der Waals surface area contributed by atoms with E-state index in [0.29, 0.717) is 32.2 Å². The fourth-order valence-corrected chi connectivity index (χ4v) is 7.78. The SMILES string of the molecule is O=C(O)C1CC[C@@H](O)[C@@H]2[C@H](O)[C@H](O)CN12.O=C(O)C1C[C@@H](O)[C@@H]2[C@H](O)[C@H](O)CN2C1.O=C(O)C1[C@@H](O)[C@@H](O)[C@H]2[C@H](O)CCCN12. The van der Waals surface area contributed by atoms with Crippen molar-refractivity contribution in [2.24, 2.45) is 5.92 Å². The van der Waals surface area contributed by atoms with E-state index in [4.69, 9.17) is 15.3 Å². The van der Waals surface area contributed by atoms with Crippen molar-refractivity contribution in [3.8, 4) is 0 Å². The highest BCUT2D eigenvalue weighted by molar-refractivity contribution is 5.75. The Bertz CT molecular complexity index is 1070. The van der Waals surface area contributed by atoms with Gasteiger partial charge >= 0.3 is 17.9 Å². The Balaban J connectivity index is 0.000000154. The summed E-state index contributed by atoms with van der Waals surface area (Å²) >= 11 is 0. The van der Waals surface area contributed by atoms with Gasteiger partial charge in [0.2, 0.25) is 0 Å². The molecule has 3 unspecified atom stereocenters. The lowest BCUT2D eigenvalue weighted by Crippen LogP contribution is -2.55. The van der Waals surface area contributed by atoms with Crippen LogP contribution in [0.5, 0.6) is 0 Å². The third kappa shape index (κ3) is 7.12. The zero-order valence-electron chi connectivity index (χ0n) is 24.5. The number of carboxylic acid groups (broad SMARTS) is 3. The van der Waals surface area contributed by atoms with Crippen LogP contribution < -0.4 is 0 Å². The molecule has 0 aromatic rings. The molecule has 6 heterocycles. The molecule has 0 amide bonds. The summed E-state index contributed by atoms with van der Waals surface area (Å²) < 4.78 is 0. The summed E-state index contributed by atoms with van der Waals surface area (Å²) in [5, 5.41) is 113. The average molecular weight is 652 g/mol. The van der Waals surface area contributed by atoms with Crippen molar-refractivity contribution in [1.29, 1.82) is 0 Å². The topological polar surface area (TPSA) is 304 Å². The zero-order chi connectivity index (χ0) is 33.5. The van der Waals surface area contributed by atoms with Crippen LogP contribution >= 0.6 is 0 Å². The molecular formula is C27H45N3O15. The number of carboxylic acids is 3. The minimum absolute atomic E-state index is 0.111. The van der Waals surface area contributed by atoms with Crippen molar-refractivity contribution in [2.75, 3.05) is 26.2 Å².